The fourth-order valence-corrected chi connectivity index (χ4v) is 5.22. The third kappa shape index (κ3) is 4.99. The van der Waals surface area contributed by atoms with Gasteiger partial charge in [0.1, 0.15) is 29.7 Å². The van der Waals surface area contributed by atoms with Gasteiger partial charge in [-0.1, -0.05) is 19.6 Å². The van der Waals surface area contributed by atoms with Gasteiger partial charge in [-0.25, -0.2) is 4.79 Å². The van der Waals surface area contributed by atoms with Gasteiger partial charge in [0, 0.05) is 12.8 Å². The molecule has 2 bridgehead atoms. The molecule has 2 heterocycles. The van der Waals surface area contributed by atoms with Crippen molar-refractivity contribution in [2.24, 2.45) is 0 Å². The lowest BCUT2D eigenvalue weighted by atomic mass is 9.84. The first-order valence-electron chi connectivity index (χ1n) is 11.4. The molecule has 2 aromatic rings. The van der Waals surface area contributed by atoms with Crippen LogP contribution in [0.4, 0.5) is 0 Å². The number of aliphatic hydroxyl groups is 1. The number of hydrogen-bond acceptors (Lipinski definition) is 5. The summed E-state index contributed by atoms with van der Waals surface area (Å²) < 4.78 is 17.7. The molecule has 2 aliphatic heterocycles. The molecule has 7 heteroatoms. The fourth-order valence-electron chi connectivity index (χ4n) is 5.22. The number of ether oxygens (including phenoxy) is 3. The Morgan fingerprint density at radius 3 is 1.71 bits per heavy atom. The Hall–Kier alpha value is -2.35. The standard InChI is InChI=1S/C27H34NO5.CH4.BrH/c1-17-13-19(7-11-24(17)31-5)27(30,20-8-12-25(32-6)18(2)14-20)26(29)33-23-15-21-9-10-22(16-23)28(21,3)4;;/h7-14,21-23,30H,15-16H2,1-6H3;1H4;1H/q+1;;/p-1/t21-,22?,23?;;/m1../s1. The van der Waals surface area contributed by atoms with E-state index in [9.17, 15) is 9.90 Å². The number of aryl methyl sites for hydroxylation is 2. The molecule has 0 radical (unpaired) electrons. The fraction of sp³-hybridized carbons (Fsp3) is 0.464. The Bertz CT molecular complexity index is 1030. The zero-order valence-corrected chi connectivity index (χ0v) is 22.3. The van der Waals surface area contributed by atoms with Gasteiger partial charge in [0.25, 0.3) is 0 Å². The number of methoxy groups -OCH3 is 2. The van der Waals surface area contributed by atoms with Crippen LogP contribution in [-0.2, 0) is 15.1 Å². The number of esters is 1. The van der Waals surface area contributed by atoms with E-state index in [2.05, 4.69) is 26.2 Å². The number of carbonyl (C=O) groups excluding carboxylic acids is 1. The summed E-state index contributed by atoms with van der Waals surface area (Å²) in [6.07, 6.45) is 5.68. The van der Waals surface area contributed by atoms with Gasteiger partial charge in [-0.05, 0) is 72.5 Å². The molecule has 1 fully saturated rings. The lowest BCUT2D eigenvalue weighted by molar-refractivity contribution is -0.926. The molecular weight excluding hydrogens is 510 g/mol. The highest BCUT2D eigenvalue weighted by atomic mass is 79.9. The van der Waals surface area contributed by atoms with E-state index in [-0.39, 0.29) is 30.5 Å². The summed E-state index contributed by atoms with van der Waals surface area (Å²) >= 11 is 0. The smallest absolute Gasteiger partial charge is 0.347 e. The van der Waals surface area contributed by atoms with Crippen LogP contribution >= 0.6 is 0 Å². The van der Waals surface area contributed by atoms with Crippen LogP contribution in [0.1, 0.15) is 42.5 Å². The largest absolute Gasteiger partial charge is 1.00 e. The van der Waals surface area contributed by atoms with Crippen molar-refractivity contribution in [3.05, 3.63) is 70.8 Å². The Balaban J connectivity index is 0.00000216. The van der Waals surface area contributed by atoms with Crippen LogP contribution in [0.2, 0.25) is 0 Å². The van der Waals surface area contributed by atoms with Crippen LogP contribution in [0, 0.1) is 13.8 Å². The van der Waals surface area contributed by atoms with E-state index in [1.165, 1.54) is 0 Å². The summed E-state index contributed by atoms with van der Waals surface area (Å²) in [5.41, 5.74) is 0.588. The predicted octanol–water partition coefficient (Wildman–Crippen LogP) is 1.29. The van der Waals surface area contributed by atoms with Crippen molar-refractivity contribution in [1.29, 1.82) is 0 Å². The van der Waals surface area contributed by atoms with Crippen LogP contribution in [0.5, 0.6) is 11.5 Å². The summed E-state index contributed by atoms with van der Waals surface area (Å²) in [4.78, 5) is 13.7. The number of carbonyl (C=O) groups is 1. The number of quaternary nitrogens is 1. The first-order valence-corrected chi connectivity index (χ1v) is 11.4. The molecule has 2 aromatic carbocycles. The minimum absolute atomic E-state index is 0. The molecule has 0 aliphatic carbocycles. The molecular formula is C28H38BrNO5. The van der Waals surface area contributed by atoms with E-state index < -0.39 is 11.6 Å². The Morgan fingerprint density at radius 2 is 1.34 bits per heavy atom. The van der Waals surface area contributed by atoms with Crippen molar-refractivity contribution in [2.75, 3.05) is 28.3 Å². The highest BCUT2D eigenvalue weighted by molar-refractivity contribution is 5.86. The number of rotatable bonds is 6. The van der Waals surface area contributed by atoms with Crippen molar-refractivity contribution in [1.82, 2.24) is 0 Å². The molecule has 3 atom stereocenters. The topological polar surface area (TPSA) is 65.0 Å². The lowest BCUT2D eigenvalue weighted by Crippen LogP contribution is -3.00. The molecule has 0 aromatic heterocycles. The maximum atomic E-state index is 13.7. The second-order valence-electron chi connectivity index (χ2n) is 9.73. The lowest BCUT2D eigenvalue weighted by Gasteiger charge is -2.44. The van der Waals surface area contributed by atoms with Gasteiger partial charge >= 0.3 is 5.97 Å². The van der Waals surface area contributed by atoms with Crippen molar-refractivity contribution in [3.8, 4) is 11.5 Å². The molecule has 192 valence electrons. The van der Waals surface area contributed by atoms with Crippen LogP contribution in [0.3, 0.4) is 0 Å². The van der Waals surface area contributed by atoms with Gasteiger partial charge in [0.05, 0.1) is 28.3 Å². The number of piperidine rings is 1. The summed E-state index contributed by atoms with van der Waals surface area (Å²) in [6.45, 7) is 3.77. The number of nitrogens with zero attached hydrogens (tertiary/aromatic N) is 1. The number of likely N-dealkylation sites (N-methyl/N-ethyl adjacent to an activating group) is 1. The molecule has 35 heavy (non-hydrogen) atoms. The maximum absolute atomic E-state index is 13.7. The van der Waals surface area contributed by atoms with Gasteiger partial charge in [0.2, 0.25) is 5.60 Å². The van der Waals surface area contributed by atoms with Crippen molar-refractivity contribution >= 4 is 5.97 Å². The predicted molar refractivity (Wildman–Crippen MR) is 133 cm³/mol. The first kappa shape index (κ1) is 28.9. The van der Waals surface area contributed by atoms with Crippen LogP contribution in [0.25, 0.3) is 0 Å². The normalized spacial score (nSPS) is 22.0. The van der Waals surface area contributed by atoms with Gasteiger partial charge in [-0.15, -0.1) is 0 Å². The summed E-state index contributed by atoms with van der Waals surface area (Å²) in [5, 5.41) is 12.0. The van der Waals surface area contributed by atoms with Gasteiger partial charge in [0.15, 0.2) is 0 Å². The summed E-state index contributed by atoms with van der Waals surface area (Å²) in [7, 11) is 7.62. The van der Waals surface area contributed by atoms with Crippen LogP contribution in [-0.4, -0.2) is 62.1 Å². The zero-order valence-electron chi connectivity index (χ0n) is 20.7. The average Bonchev–Trinajstić information content (AvgIpc) is 2.94. The number of benzene rings is 2. The minimum atomic E-state index is -1.96. The number of hydrogen-bond donors (Lipinski definition) is 1. The molecule has 2 aliphatic rings. The number of fused-ring (bicyclic) bond motifs is 2. The van der Waals surface area contributed by atoms with Gasteiger partial charge in [-0.3, -0.25) is 0 Å². The van der Waals surface area contributed by atoms with Crippen molar-refractivity contribution in [2.45, 2.75) is 57.9 Å². The van der Waals surface area contributed by atoms with E-state index in [4.69, 9.17) is 14.2 Å². The van der Waals surface area contributed by atoms with E-state index in [0.29, 0.717) is 34.7 Å². The van der Waals surface area contributed by atoms with Gasteiger partial charge < -0.3 is 40.8 Å². The molecule has 1 saturated heterocycles. The third-order valence-electron chi connectivity index (χ3n) is 7.47. The number of halogens is 1. The molecule has 1 N–H and O–H groups in total. The van der Waals surface area contributed by atoms with Crippen LogP contribution in [0.15, 0.2) is 48.6 Å². The van der Waals surface area contributed by atoms with Crippen LogP contribution < -0.4 is 26.5 Å². The zero-order chi connectivity index (χ0) is 24.0. The molecule has 0 amide bonds. The van der Waals surface area contributed by atoms with E-state index >= 15 is 0 Å². The molecule has 0 spiro atoms. The highest BCUT2D eigenvalue weighted by Crippen LogP contribution is 2.39. The van der Waals surface area contributed by atoms with Crippen molar-refractivity contribution in [3.63, 3.8) is 0 Å². The Kier molecular flexibility index (Phi) is 8.85. The quantitative estimate of drug-likeness (QED) is 0.335. The molecule has 0 saturated carbocycles. The van der Waals surface area contributed by atoms with E-state index in [1.807, 2.05) is 13.8 Å². The third-order valence-corrected chi connectivity index (χ3v) is 7.47. The highest BCUT2D eigenvalue weighted by Gasteiger charge is 2.49. The minimum Gasteiger partial charge on any atom is -1.00 e. The molecule has 4 rings (SSSR count). The summed E-state index contributed by atoms with van der Waals surface area (Å²) in [5.74, 6) is 0.721. The van der Waals surface area contributed by atoms with Gasteiger partial charge in [-0.2, -0.15) is 0 Å². The SMILES string of the molecule is C.COc1ccc(C(O)(C(=O)OC2CC3C=C[C@H](C2)[N+]3(C)C)c2ccc(OC)c(C)c2)cc1C.[Br-]. The Labute approximate surface area is 219 Å². The second-order valence-corrected chi connectivity index (χ2v) is 9.73. The Morgan fingerprint density at radius 1 is 0.914 bits per heavy atom. The van der Waals surface area contributed by atoms with E-state index in [1.54, 1.807) is 50.6 Å². The molecule has 2 unspecified atom stereocenters. The summed E-state index contributed by atoms with van der Waals surface area (Å²) in [6, 6.07) is 11.2. The second kappa shape index (κ2) is 10.7. The monoisotopic (exact) mass is 547 g/mol. The maximum Gasteiger partial charge on any atom is 0.347 e. The van der Waals surface area contributed by atoms with E-state index in [0.717, 1.165) is 28.5 Å². The van der Waals surface area contributed by atoms with Crippen molar-refractivity contribution < 1.29 is 45.6 Å². The first-order chi connectivity index (χ1) is 15.6. The average molecular weight is 549 g/mol. The molecule has 6 nitrogen and oxygen atoms in total.